The molecule has 0 amide bonds. The highest BCUT2D eigenvalue weighted by Gasteiger charge is 2.27. The van der Waals surface area contributed by atoms with Crippen molar-refractivity contribution in [3.8, 4) is 0 Å². The van der Waals surface area contributed by atoms with Crippen molar-refractivity contribution in [2.45, 2.75) is 31.5 Å². The van der Waals surface area contributed by atoms with Crippen LogP contribution >= 0.6 is 0 Å². The fourth-order valence-corrected chi connectivity index (χ4v) is 3.38. The Labute approximate surface area is 128 Å². The van der Waals surface area contributed by atoms with Gasteiger partial charge in [0, 0.05) is 32.3 Å². The number of hydrogen-bond acceptors (Lipinski definition) is 4. The van der Waals surface area contributed by atoms with E-state index >= 15 is 0 Å². The third kappa shape index (κ3) is 4.04. The SMILES string of the molecule is COCc1ccccc1C(CN)N(C)C1CCCN(C)C1. The first-order valence-corrected chi connectivity index (χ1v) is 7.84. The highest BCUT2D eigenvalue weighted by molar-refractivity contribution is 5.30. The number of nitrogens with two attached hydrogens (primary N) is 1. The van der Waals surface area contributed by atoms with Gasteiger partial charge in [-0.3, -0.25) is 4.90 Å². The largest absolute Gasteiger partial charge is 0.380 e. The number of ether oxygens (including phenoxy) is 1. The third-order valence-electron chi connectivity index (χ3n) is 4.60. The molecule has 1 aliphatic rings. The van der Waals surface area contributed by atoms with Gasteiger partial charge in [0.1, 0.15) is 0 Å². The van der Waals surface area contributed by atoms with Gasteiger partial charge in [0.15, 0.2) is 0 Å². The minimum atomic E-state index is 0.257. The van der Waals surface area contributed by atoms with Crippen molar-refractivity contribution in [3.63, 3.8) is 0 Å². The van der Waals surface area contributed by atoms with Gasteiger partial charge in [-0.15, -0.1) is 0 Å². The van der Waals surface area contributed by atoms with Crippen molar-refractivity contribution in [3.05, 3.63) is 35.4 Å². The Balaban J connectivity index is 2.18. The molecule has 1 heterocycles. The number of hydrogen-bond donors (Lipinski definition) is 1. The van der Waals surface area contributed by atoms with Crippen molar-refractivity contribution in [2.24, 2.45) is 5.73 Å². The second-order valence-corrected chi connectivity index (χ2v) is 6.11. The van der Waals surface area contributed by atoms with E-state index in [4.69, 9.17) is 10.5 Å². The second kappa shape index (κ2) is 7.90. The molecule has 1 aliphatic heterocycles. The minimum Gasteiger partial charge on any atom is -0.380 e. The molecule has 118 valence electrons. The number of benzene rings is 1. The van der Waals surface area contributed by atoms with Crippen molar-refractivity contribution in [1.82, 2.24) is 9.80 Å². The summed E-state index contributed by atoms with van der Waals surface area (Å²) in [6.45, 7) is 3.61. The molecule has 2 unspecified atom stereocenters. The maximum Gasteiger partial charge on any atom is 0.0716 e. The quantitative estimate of drug-likeness (QED) is 0.868. The summed E-state index contributed by atoms with van der Waals surface area (Å²) in [5.41, 5.74) is 8.66. The molecule has 2 N–H and O–H groups in total. The van der Waals surface area contributed by atoms with Crippen LogP contribution in [-0.2, 0) is 11.3 Å². The van der Waals surface area contributed by atoms with E-state index in [9.17, 15) is 0 Å². The van der Waals surface area contributed by atoms with Gasteiger partial charge >= 0.3 is 0 Å². The standard InChI is InChI=1S/C17H29N3O/c1-19-10-6-8-15(12-19)20(2)17(11-18)16-9-5-4-7-14(16)13-21-3/h4-5,7,9,15,17H,6,8,10-13,18H2,1-3H3. The van der Waals surface area contributed by atoms with Crippen LogP contribution in [-0.4, -0.2) is 56.7 Å². The number of rotatable bonds is 6. The minimum absolute atomic E-state index is 0.257. The van der Waals surface area contributed by atoms with Gasteiger partial charge in [-0.2, -0.15) is 0 Å². The first-order chi connectivity index (χ1) is 10.2. The summed E-state index contributed by atoms with van der Waals surface area (Å²) < 4.78 is 5.34. The molecular weight excluding hydrogens is 262 g/mol. The Morgan fingerprint density at radius 2 is 2.19 bits per heavy atom. The molecule has 0 spiro atoms. The van der Waals surface area contributed by atoms with Gasteiger partial charge < -0.3 is 15.4 Å². The summed E-state index contributed by atoms with van der Waals surface area (Å²) in [5, 5.41) is 0. The lowest BCUT2D eigenvalue weighted by molar-refractivity contribution is 0.0994. The number of nitrogens with zero attached hydrogens (tertiary/aromatic N) is 2. The molecule has 0 bridgehead atoms. The Morgan fingerprint density at radius 3 is 2.86 bits per heavy atom. The van der Waals surface area contributed by atoms with E-state index in [1.807, 2.05) is 0 Å². The van der Waals surface area contributed by atoms with Crippen LogP contribution in [0.15, 0.2) is 24.3 Å². The Kier molecular flexibility index (Phi) is 6.18. The lowest BCUT2D eigenvalue weighted by Gasteiger charge is -2.40. The van der Waals surface area contributed by atoms with Crippen LogP contribution in [0.3, 0.4) is 0 Å². The van der Waals surface area contributed by atoms with Gasteiger partial charge in [-0.1, -0.05) is 24.3 Å². The van der Waals surface area contributed by atoms with Crippen LogP contribution in [0, 0.1) is 0 Å². The van der Waals surface area contributed by atoms with Crippen molar-refractivity contribution < 1.29 is 4.74 Å². The highest BCUT2D eigenvalue weighted by atomic mass is 16.5. The molecule has 1 fully saturated rings. The summed E-state index contributed by atoms with van der Waals surface area (Å²) in [4.78, 5) is 4.88. The highest BCUT2D eigenvalue weighted by Crippen LogP contribution is 2.27. The van der Waals surface area contributed by atoms with E-state index in [0.717, 1.165) is 6.54 Å². The summed E-state index contributed by atoms with van der Waals surface area (Å²) in [7, 11) is 6.16. The average molecular weight is 291 g/mol. The molecule has 2 rings (SSSR count). The summed E-state index contributed by atoms with van der Waals surface area (Å²) in [5.74, 6) is 0. The number of likely N-dealkylation sites (N-methyl/N-ethyl adjacent to an activating group) is 2. The van der Waals surface area contributed by atoms with Crippen LogP contribution < -0.4 is 5.73 Å². The number of piperidine rings is 1. The first-order valence-electron chi connectivity index (χ1n) is 7.84. The molecule has 4 heteroatoms. The van der Waals surface area contributed by atoms with Gasteiger partial charge in [0.2, 0.25) is 0 Å². The number of likely N-dealkylation sites (tertiary alicyclic amines) is 1. The van der Waals surface area contributed by atoms with E-state index < -0.39 is 0 Å². The number of methoxy groups -OCH3 is 1. The van der Waals surface area contributed by atoms with E-state index in [1.54, 1.807) is 7.11 Å². The van der Waals surface area contributed by atoms with E-state index in [1.165, 1.54) is 30.5 Å². The van der Waals surface area contributed by atoms with E-state index in [-0.39, 0.29) is 6.04 Å². The topological polar surface area (TPSA) is 41.7 Å². The van der Waals surface area contributed by atoms with Crippen LogP contribution in [0.2, 0.25) is 0 Å². The maximum atomic E-state index is 6.12. The van der Waals surface area contributed by atoms with E-state index in [2.05, 4.69) is 48.2 Å². The molecule has 0 radical (unpaired) electrons. The van der Waals surface area contributed by atoms with Crippen molar-refractivity contribution >= 4 is 0 Å². The Bertz CT molecular complexity index is 438. The lowest BCUT2D eigenvalue weighted by atomic mass is 9.96. The van der Waals surface area contributed by atoms with Crippen LogP contribution in [0.25, 0.3) is 0 Å². The van der Waals surface area contributed by atoms with E-state index in [0.29, 0.717) is 19.2 Å². The fourth-order valence-electron chi connectivity index (χ4n) is 3.38. The smallest absolute Gasteiger partial charge is 0.0716 e. The molecule has 0 saturated carbocycles. The molecule has 1 aromatic carbocycles. The first kappa shape index (κ1) is 16.4. The van der Waals surface area contributed by atoms with Crippen LogP contribution in [0.4, 0.5) is 0 Å². The predicted molar refractivity (Wildman–Crippen MR) is 87.2 cm³/mol. The molecule has 0 aliphatic carbocycles. The molecule has 4 nitrogen and oxygen atoms in total. The zero-order chi connectivity index (χ0) is 15.2. The molecule has 0 aromatic heterocycles. The summed E-state index contributed by atoms with van der Waals surface area (Å²) in [6, 6.07) is 9.33. The van der Waals surface area contributed by atoms with Crippen LogP contribution in [0.5, 0.6) is 0 Å². The normalized spacial score (nSPS) is 21.7. The van der Waals surface area contributed by atoms with Crippen molar-refractivity contribution in [1.29, 1.82) is 0 Å². The Morgan fingerprint density at radius 1 is 1.43 bits per heavy atom. The zero-order valence-electron chi connectivity index (χ0n) is 13.6. The predicted octanol–water partition coefficient (Wildman–Crippen LogP) is 1.86. The van der Waals surface area contributed by atoms with Gasteiger partial charge in [-0.05, 0) is 44.6 Å². The molecule has 2 atom stereocenters. The molecule has 1 aromatic rings. The van der Waals surface area contributed by atoms with Gasteiger partial charge in [0.25, 0.3) is 0 Å². The zero-order valence-corrected chi connectivity index (χ0v) is 13.6. The molecular formula is C17H29N3O. The second-order valence-electron chi connectivity index (χ2n) is 6.11. The monoisotopic (exact) mass is 291 g/mol. The lowest BCUT2D eigenvalue weighted by Crippen LogP contribution is -2.47. The molecule has 21 heavy (non-hydrogen) atoms. The Hall–Kier alpha value is -0.940. The fraction of sp³-hybridized carbons (Fsp3) is 0.647. The van der Waals surface area contributed by atoms with Gasteiger partial charge in [-0.25, -0.2) is 0 Å². The third-order valence-corrected chi connectivity index (χ3v) is 4.60. The molecule has 1 saturated heterocycles. The van der Waals surface area contributed by atoms with Crippen molar-refractivity contribution in [2.75, 3.05) is 40.8 Å². The maximum absolute atomic E-state index is 6.12. The van der Waals surface area contributed by atoms with Crippen LogP contribution in [0.1, 0.15) is 30.0 Å². The van der Waals surface area contributed by atoms with Gasteiger partial charge in [0.05, 0.1) is 6.61 Å². The average Bonchev–Trinajstić information content (AvgIpc) is 2.50. The summed E-state index contributed by atoms with van der Waals surface area (Å²) in [6.07, 6.45) is 2.52. The summed E-state index contributed by atoms with van der Waals surface area (Å²) >= 11 is 0.